The molecule has 1 aliphatic rings. The van der Waals surface area contributed by atoms with Crippen LogP contribution < -0.4 is 4.90 Å². The number of benzene rings is 1. The third-order valence-electron chi connectivity index (χ3n) is 3.15. The monoisotopic (exact) mass is 279 g/mol. The molecule has 1 heterocycles. The van der Waals surface area contributed by atoms with E-state index in [2.05, 4.69) is 0 Å². The molecule has 1 aromatic rings. The molecule has 1 fully saturated rings. The molecule has 0 aliphatic carbocycles. The molecule has 1 saturated heterocycles. The molecule has 1 aromatic carbocycles. The van der Waals surface area contributed by atoms with Crippen LogP contribution in [0.4, 0.5) is 5.69 Å². The van der Waals surface area contributed by atoms with Crippen LogP contribution in [0.15, 0.2) is 18.2 Å². The predicted molar refractivity (Wildman–Crippen MR) is 76.4 cm³/mol. The number of phenols is 1. The zero-order chi connectivity index (χ0) is 14.0. The summed E-state index contributed by atoms with van der Waals surface area (Å²) in [5.41, 5.74) is 1.52. The second-order valence-corrected chi connectivity index (χ2v) is 6.07. The number of hydrogen-bond acceptors (Lipinski definition) is 4. The van der Waals surface area contributed by atoms with Gasteiger partial charge in [0.15, 0.2) is 5.12 Å². The first-order valence-corrected chi connectivity index (χ1v) is 7.19. The van der Waals surface area contributed by atoms with Crippen molar-refractivity contribution in [2.45, 2.75) is 20.3 Å². The number of rotatable bonds is 3. The second kappa shape index (κ2) is 5.65. The lowest BCUT2D eigenvalue weighted by atomic mass is 10.1. The van der Waals surface area contributed by atoms with E-state index in [9.17, 15) is 14.7 Å². The van der Waals surface area contributed by atoms with Crippen LogP contribution in [-0.4, -0.2) is 28.4 Å². The molecule has 19 heavy (non-hydrogen) atoms. The molecule has 0 bridgehead atoms. The maximum absolute atomic E-state index is 12.0. The van der Waals surface area contributed by atoms with Crippen molar-refractivity contribution in [3.63, 3.8) is 0 Å². The highest BCUT2D eigenvalue weighted by molar-refractivity contribution is 8.13. The Labute approximate surface area is 116 Å². The number of amides is 1. The van der Waals surface area contributed by atoms with E-state index in [0.29, 0.717) is 24.4 Å². The lowest BCUT2D eigenvalue weighted by molar-refractivity contribution is -0.117. The van der Waals surface area contributed by atoms with Crippen LogP contribution in [-0.2, 0) is 9.59 Å². The van der Waals surface area contributed by atoms with Crippen LogP contribution in [0, 0.1) is 12.8 Å². The molecule has 4 nitrogen and oxygen atoms in total. The fraction of sp³-hybridized carbons (Fsp3) is 0.429. The average Bonchev–Trinajstić information content (AvgIpc) is 2.68. The topological polar surface area (TPSA) is 57.6 Å². The van der Waals surface area contributed by atoms with E-state index < -0.39 is 0 Å². The zero-order valence-corrected chi connectivity index (χ0v) is 11.9. The van der Waals surface area contributed by atoms with Gasteiger partial charge in [0.2, 0.25) is 5.91 Å². The Morgan fingerprint density at radius 3 is 2.89 bits per heavy atom. The maximum atomic E-state index is 12.0. The molecule has 102 valence electrons. The summed E-state index contributed by atoms with van der Waals surface area (Å²) in [7, 11) is 0. The van der Waals surface area contributed by atoms with E-state index in [1.165, 1.54) is 18.7 Å². The Kier molecular flexibility index (Phi) is 4.14. The van der Waals surface area contributed by atoms with Crippen molar-refractivity contribution >= 4 is 28.5 Å². The van der Waals surface area contributed by atoms with Crippen molar-refractivity contribution < 1.29 is 14.7 Å². The molecule has 5 heteroatoms. The maximum Gasteiger partial charge on any atom is 0.227 e. The van der Waals surface area contributed by atoms with Crippen molar-refractivity contribution in [3.8, 4) is 5.75 Å². The van der Waals surface area contributed by atoms with Crippen molar-refractivity contribution in [2.75, 3.05) is 17.2 Å². The molecular weight excluding hydrogens is 262 g/mol. The number of nitrogens with zero attached hydrogens (tertiary/aromatic N) is 1. The Bertz CT molecular complexity index is 515. The minimum atomic E-state index is 0.00769. The second-order valence-electron chi connectivity index (χ2n) is 4.87. The standard InChI is InChI=1S/C14H17NO3S/c1-9-3-4-12(13(17)5-9)15-7-11(6-14(15)18)8-19-10(2)16/h3-5,11,17H,6-8H2,1-2H3. The Hall–Kier alpha value is -1.49. The molecule has 1 N–H and O–H groups in total. The van der Waals surface area contributed by atoms with Crippen molar-refractivity contribution in [1.29, 1.82) is 0 Å². The first kappa shape index (κ1) is 13.9. The quantitative estimate of drug-likeness (QED) is 0.922. The number of phenolic OH excluding ortho intramolecular Hbond substituents is 1. The van der Waals surface area contributed by atoms with E-state index in [-0.39, 0.29) is 22.7 Å². The van der Waals surface area contributed by atoms with Gasteiger partial charge < -0.3 is 10.0 Å². The lowest BCUT2D eigenvalue weighted by Gasteiger charge is -2.18. The Morgan fingerprint density at radius 1 is 1.53 bits per heavy atom. The van der Waals surface area contributed by atoms with Crippen LogP contribution in [0.1, 0.15) is 18.9 Å². The van der Waals surface area contributed by atoms with Gasteiger partial charge in [0.25, 0.3) is 0 Å². The van der Waals surface area contributed by atoms with Crippen LogP contribution >= 0.6 is 11.8 Å². The van der Waals surface area contributed by atoms with Crippen molar-refractivity contribution in [2.24, 2.45) is 5.92 Å². The summed E-state index contributed by atoms with van der Waals surface area (Å²) in [5.74, 6) is 0.966. The summed E-state index contributed by atoms with van der Waals surface area (Å²) in [6.45, 7) is 3.99. The summed E-state index contributed by atoms with van der Waals surface area (Å²) in [6, 6.07) is 5.29. The molecule has 0 saturated carbocycles. The first-order chi connectivity index (χ1) is 8.97. The van der Waals surface area contributed by atoms with Crippen LogP contribution in [0.3, 0.4) is 0 Å². The molecule has 1 unspecified atom stereocenters. The Balaban J connectivity index is 2.09. The number of aromatic hydroxyl groups is 1. The first-order valence-electron chi connectivity index (χ1n) is 6.20. The lowest BCUT2D eigenvalue weighted by Crippen LogP contribution is -2.24. The average molecular weight is 279 g/mol. The van der Waals surface area contributed by atoms with Crippen molar-refractivity contribution in [1.82, 2.24) is 0 Å². The molecule has 1 aliphatic heterocycles. The van der Waals surface area contributed by atoms with Gasteiger partial charge in [0, 0.05) is 25.6 Å². The number of carbonyl (C=O) groups is 2. The highest BCUT2D eigenvalue weighted by Gasteiger charge is 2.31. The summed E-state index contributed by atoms with van der Waals surface area (Å²) < 4.78 is 0. The predicted octanol–water partition coefficient (Wildman–Crippen LogP) is 2.33. The van der Waals surface area contributed by atoms with E-state index in [0.717, 1.165) is 5.56 Å². The molecule has 0 radical (unpaired) electrons. The van der Waals surface area contributed by atoms with Gasteiger partial charge >= 0.3 is 0 Å². The van der Waals surface area contributed by atoms with Crippen LogP contribution in [0.2, 0.25) is 0 Å². The molecular formula is C14H17NO3S. The molecule has 0 aromatic heterocycles. The SMILES string of the molecule is CC(=O)SCC1CC(=O)N(c2ccc(C)cc2O)C1. The van der Waals surface area contributed by atoms with Gasteiger partial charge in [-0.15, -0.1) is 0 Å². The minimum absolute atomic E-state index is 0.00769. The molecule has 1 atom stereocenters. The van der Waals surface area contributed by atoms with Gasteiger partial charge in [-0.3, -0.25) is 9.59 Å². The molecule has 1 amide bonds. The summed E-state index contributed by atoms with van der Waals surface area (Å²) in [5, 5.41) is 9.99. The third-order valence-corrected chi connectivity index (χ3v) is 4.19. The largest absolute Gasteiger partial charge is 0.506 e. The fourth-order valence-electron chi connectivity index (χ4n) is 2.22. The van der Waals surface area contributed by atoms with Gasteiger partial charge in [-0.1, -0.05) is 17.8 Å². The normalized spacial score (nSPS) is 18.9. The van der Waals surface area contributed by atoms with E-state index in [1.54, 1.807) is 17.0 Å². The number of thioether (sulfide) groups is 1. The van der Waals surface area contributed by atoms with E-state index in [4.69, 9.17) is 0 Å². The smallest absolute Gasteiger partial charge is 0.227 e. The highest BCUT2D eigenvalue weighted by Crippen LogP contribution is 2.33. The molecule has 0 spiro atoms. The Morgan fingerprint density at radius 2 is 2.26 bits per heavy atom. The van der Waals surface area contributed by atoms with Gasteiger partial charge in [-0.2, -0.15) is 0 Å². The summed E-state index contributed by atoms with van der Waals surface area (Å²) in [4.78, 5) is 24.5. The van der Waals surface area contributed by atoms with Gasteiger partial charge in [0.05, 0.1) is 5.69 Å². The van der Waals surface area contributed by atoms with E-state index in [1.807, 2.05) is 13.0 Å². The zero-order valence-electron chi connectivity index (χ0n) is 11.0. The highest BCUT2D eigenvalue weighted by atomic mass is 32.2. The van der Waals surface area contributed by atoms with Crippen LogP contribution in [0.5, 0.6) is 5.75 Å². The van der Waals surface area contributed by atoms with Gasteiger partial charge in [-0.05, 0) is 30.5 Å². The van der Waals surface area contributed by atoms with Gasteiger partial charge in [0.1, 0.15) is 5.75 Å². The van der Waals surface area contributed by atoms with Gasteiger partial charge in [-0.25, -0.2) is 0 Å². The van der Waals surface area contributed by atoms with E-state index >= 15 is 0 Å². The number of anilines is 1. The summed E-state index contributed by atoms with van der Waals surface area (Å²) >= 11 is 1.25. The minimum Gasteiger partial charge on any atom is -0.506 e. The molecule has 2 rings (SSSR count). The number of carbonyl (C=O) groups excluding carboxylic acids is 2. The fourth-order valence-corrected chi connectivity index (χ4v) is 2.92. The number of hydrogen-bond donors (Lipinski definition) is 1. The summed E-state index contributed by atoms with van der Waals surface area (Å²) in [6.07, 6.45) is 0.438. The van der Waals surface area contributed by atoms with Crippen molar-refractivity contribution in [3.05, 3.63) is 23.8 Å². The number of aryl methyl sites for hydroxylation is 1. The van der Waals surface area contributed by atoms with Crippen LogP contribution in [0.25, 0.3) is 0 Å². The third kappa shape index (κ3) is 3.29.